The van der Waals surface area contributed by atoms with Crippen molar-refractivity contribution in [3.63, 3.8) is 0 Å². The van der Waals surface area contributed by atoms with Crippen molar-refractivity contribution >= 4 is 0 Å². The van der Waals surface area contributed by atoms with Crippen molar-refractivity contribution in [2.24, 2.45) is 5.92 Å². The van der Waals surface area contributed by atoms with E-state index in [4.69, 9.17) is 9.84 Å². The van der Waals surface area contributed by atoms with E-state index < -0.39 is 0 Å². The van der Waals surface area contributed by atoms with Crippen LogP contribution < -0.4 is 5.32 Å². The highest BCUT2D eigenvalue weighted by molar-refractivity contribution is 4.63. The molecule has 1 atom stereocenters. The molecule has 0 aliphatic rings. The molecule has 0 aliphatic carbocycles. The normalized spacial score (nSPS) is 13.8. The highest BCUT2D eigenvalue weighted by Gasteiger charge is 2.04. The zero-order chi connectivity index (χ0) is 9.40. The fourth-order valence-electron chi connectivity index (χ4n) is 0.761. The average Bonchev–Trinajstić information content (AvgIpc) is 2.03. The van der Waals surface area contributed by atoms with Gasteiger partial charge in [-0.3, -0.25) is 0 Å². The Kier molecular flexibility index (Phi) is 7.45. The van der Waals surface area contributed by atoms with Crippen molar-refractivity contribution in [3.8, 4) is 0 Å². The summed E-state index contributed by atoms with van der Waals surface area (Å²) in [4.78, 5) is 0. The Morgan fingerprint density at radius 1 is 1.25 bits per heavy atom. The predicted molar refractivity (Wildman–Crippen MR) is 50.2 cm³/mol. The van der Waals surface area contributed by atoms with Gasteiger partial charge in [-0.05, 0) is 12.8 Å². The van der Waals surface area contributed by atoms with E-state index in [-0.39, 0.29) is 6.61 Å². The molecular weight excluding hydrogens is 154 g/mol. The average molecular weight is 175 g/mol. The van der Waals surface area contributed by atoms with E-state index in [1.54, 1.807) is 0 Å². The summed E-state index contributed by atoms with van der Waals surface area (Å²) in [7, 11) is 0. The van der Waals surface area contributed by atoms with Crippen LogP contribution in [0.2, 0.25) is 0 Å². The van der Waals surface area contributed by atoms with Gasteiger partial charge in [0.25, 0.3) is 0 Å². The minimum absolute atomic E-state index is 0.111. The monoisotopic (exact) mass is 175 g/mol. The zero-order valence-corrected chi connectivity index (χ0v) is 8.34. The Morgan fingerprint density at radius 3 is 2.42 bits per heavy atom. The van der Waals surface area contributed by atoms with Gasteiger partial charge in [-0.15, -0.1) is 0 Å². The first-order chi connectivity index (χ1) is 5.68. The third kappa shape index (κ3) is 6.58. The molecule has 0 fully saturated rings. The molecule has 0 saturated carbocycles. The second kappa shape index (κ2) is 7.53. The minimum atomic E-state index is 0.111. The van der Waals surface area contributed by atoms with E-state index >= 15 is 0 Å². The number of aliphatic hydroxyl groups excluding tert-OH is 1. The van der Waals surface area contributed by atoms with Gasteiger partial charge in [0.15, 0.2) is 0 Å². The van der Waals surface area contributed by atoms with Crippen LogP contribution in [-0.2, 0) is 4.74 Å². The number of hydrogen-bond acceptors (Lipinski definition) is 3. The molecule has 0 spiro atoms. The van der Waals surface area contributed by atoms with Gasteiger partial charge in [0.05, 0.1) is 19.8 Å². The third-order valence-electron chi connectivity index (χ3n) is 1.95. The maximum atomic E-state index is 8.42. The van der Waals surface area contributed by atoms with Crippen LogP contribution in [0.25, 0.3) is 0 Å². The summed E-state index contributed by atoms with van der Waals surface area (Å²) in [6.07, 6.45) is 0. The molecule has 0 aromatic rings. The van der Waals surface area contributed by atoms with E-state index in [2.05, 4.69) is 26.1 Å². The fraction of sp³-hybridized carbons (Fsp3) is 1.00. The van der Waals surface area contributed by atoms with Gasteiger partial charge in [0, 0.05) is 12.6 Å². The molecular formula is C9H21NO2. The fourth-order valence-corrected chi connectivity index (χ4v) is 0.761. The summed E-state index contributed by atoms with van der Waals surface area (Å²) < 4.78 is 5.10. The molecule has 2 N–H and O–H groups in total. The Morgan fingerprint density at radius 2 is 1.92 bits per heavy atom. The summed E-state index contributed by atoms with van der Waals surface area (Å²) in [5, 5.41) is 11.8. The Labute approximate surface area is 75.1 Å². The van der Waals surface area contributed by atoms with Gasteiger partial charge in [-0.2, -0.15) is 0 Å². The molecule has 0 heterocycles. The quantitative estimate of drug-likeness (QED) is 0.558. The van der Waals surface area contributed by atoms with E-state index in [9.17, 15) is 0 Å². The number of rotatable bonds is 7. The second-order valence-electron chi connectivity index (χ2n) is 3.32. The molecule has 3 nitrogen and oxygen atoms in total. The lowest BCUT2D eigenvalue weighted by atomic mass is 10.1. The zero-order valence-electron chi connectivity index (χ0n) is 8.34. The molecule has 0 rings (SSSR count). The van der Waals surface area contributed by atoms with Crippen molar-refractivity contribution < 1.29 is 9.84 Å². The van der Waals surface area contributed by atoms with Gasteiger partial charge in [-0.1, -0.05) is 13.8 Å². The first kappa shape index (κ1) is 11.9. The summed E-state index contributed by atoms with van der Waals surface area (Å²) in [5.41, 5.74) is 0. The van der Waals surface area contributed by atoms with Crippen LogP contribution in [0.5, 0.6) is 0 Å². The summed E-state index contributed by atoms with van der Waals surface area (Å²) in [5.74, 6) is 0.655. The van der Waals surface area contributed by atoms with Crippen LogP contribution >= 0.6 is 0 Å². The Hall–Kier alpha value is -0.120. The van der Waals surface area contributed by atoms with Crippen molar-refractivity contribution in [1.82, 2.24) is 5.32 Å². The van der Waals surface area contributed by atoms with Gasteiger partial charge in [0.2, 0.25) is 0 Å². The number of ether oxygens (including phenoxy) is 1. The first-order valence-electron chi connectivity index (χ1n) is 4.60. The van der Waals surface area contributed by atoms with Crippen LogP contribution in [0.4, 0.5) is 0 Å². The molecule has 0 aliphatic heterocycles. The topological polar surface area (TPSA) is 41.5 Å². The summed E-state index contributed by atoms with van der Waals surface area (Å²) in [6.45, 7) is 8.63. The Balaban J connectivity index is 3.08. The van der Waals surface area contributed by atoms with E-state index in [0.717, 1.165) is 6.54 Å². The maximum absolute atomic E-state index is 8.42. The number of hydrogen-bond donors (Lipinski definition) is 2. The van der Waals surface area contributed by atoms with Gasteiger partial charge >= 0.3 is 0 Å². The molecule has 0 bridgehead atoms. The third-order valence-corrected chi connectivity index (χ3v) is 1.95. The summed E-state index contributed by atoms with van der Waals surface area (Å²) in [6, 6.07) is 0.530. The Bertz CT molecular complexity index is 96.5. The summed E-state index contributed by atoms with van der Waals surface area (Å²) >= 11 is 0. The molecule has 0 amide bonds. The van der Waals surface area contributed by atoms with Gasteiger partial charge in [0.1, 0.15) is 0 Å². The maximum Gasteiger partial charge on any atom is 0.0698 e. The minimum Gasteiger partial charge on any atom is -0.394 e. The SMILES string of the molecule is CC(C)[C@@H](C)NCCOCCO. The lowest BCUT2D eigenvalue weighted by Crippen LogP contribution is -2.33. The van der Waals surface area contributed by atoms with Gasteiger partial charge < -0.3 is 15.2 Å². The molecule has 0 unspecified atom stereocenters. The number of nitrogens with one attached hydrogen (secondary N) is 1. The molecule has 3 heteroatoms. The van der Waals surface area contributed by atoms with Crippen LogP contribution in [0.3, 0.4) is 0 Å². The molecule has 74 valence electrons. The van der Waals surface area contributed by atoms with Gasteiger partial charge in [-0.25, -0.2) is 0 Å². The van der Waals surface area contributed by atoms with E-state index in [0.29, 0.717) is 25.2 Å². The molecule has 0 saturated heterocycles. The highest BCUT2D eigenvalue weighted by Crippen LogP contribution is 1.98. The lowest BCUT2D eigenvalue weighted by Gasteiger charge is -2.17. The van der Waals surface area contributed by atoms with Crippen molar-refractivity contribution in [2.45, 2.75) is 26.8 Å². The number of aliphatic hydroxyl groups is 1. The smallest absolute Gasteiger partial charge is 0.0698 e. The molecule has 0 aromatic heterocycles. The van der Waals surface area contributed by atoms with E-state index in [1.165, 1.54) is 0 Å². The lowest BCUT2D eigenvalue weighted by molar-refractivity contribution is 0.0920. The van der Waals surface area contributed by atoms with Crippen molar-refractivity contribution in [3.05, 3.63) is 0 Å². The molecule has 12 heavy (non-hydrogen) atoms. The van der Waals surface area contributed by atoms with Crippen LogP contribution in [0.15, 0.2) is 0 Å². The highest BCUT2D eigenvalue weighted by atomic mass is 16.5. The van der Waals surface area contributed by atoms with Crippen LogP contribution in [-0.4, -0.2) is 37.5 Å². The standard InChI is InChI=1S/C9H21NO2/c1-8(2)9(3)10-4-6-12-7-5-11/h8-11H,4-7H2,1-3H3/t9-/m1/s1. The van der Waals surface area contributed by atoms with Crippen molar-refractivity contribution in [1.29, 1.82) is 0 Å². The van der Waals surface area contributed by atoms with Crippen molar-refractivity contribution in [2.75, 3.05) is 26.4 Å². The first-order valence-corrected chi connectivity index (χ1v) is 4.60. The second-order valence-corrected chi connectivity index (χ2v) is 3.32. The van der Waals surface area contributed by atoms with Crippen LogP contribution in [0, 0.1) is 5.92 Å². The molecule has 0 aromatic carbocycles. The van der Waals surface area contributed by atoms with E-state index in [1.807, 2.05) is 0 Å². The molecule has 0 radical (unpaired) electrons. The predicted octanol–water partition coefficient (Wildman–Crippen LogP) is 0.629. The largest absolute Gasteiger partial charge is 0.394 e. The van der Waals surface area contributed by atoms with Crippen LogP contribution in [0.1, 0.15) is 20.8 Å².